The maximum Gasteiger partial charge on any atom is 0.326 e. The summed E-state index contributed by atoms with van der Waals surface area (Å²) >= 11 is 0. The van der Waals surface area contributed by atoms with Gasteiger partial charge in [0.25, 0.3) is 0 Å². The van der Waals surface area contributed by atoms with Crippen LogP contribution in [0.5, 0.6) is 0 Å². The van der Waals surface area contributed by atoms with Gasteiger partial charge in [-0.25, -0.2) is 9.59 Å². The number of aliphatic carboxylic acids is 1. The molecule has 2 rings (SSSR count). The number of hydrogen-bond donors (Lipinski definition) is 1. The fourth-order valence-electron chi connectivity index (χ4n) is 3.39. The average molecular weight is 282 g/mol. The van der Waals surface area contributed by atoms with Crippen molar-refractivity contribution in [1.29, 1.82) is 0 Å². The van der Waals surface area contributed by atoms with Gasteiger partial charge in [0.05, 0.1) is 0 Å². The Balaban J connectivity index is 2.02. The fraction of sp³-hybridized carbons (Fsp3) is 0.867. The molecule has 0 bridgehead atoms. The summed E-state index contributed by atoms with van der Waals surface area (Å²) in [5, 5.41) is 9.40. The summed E-state index contributed by atoms with van der Waals surface area (Å²) in [6.07, 6.45) is 4.66. The molecule has 2 heterocycles. The second-order valence-electron chi connectivity index (χ2n) is 6.14. The first-order chi connectivity index (χ1) is 9.56. The Morgan fingerprint density at radius 1 is 1.10 bits per heavy atom. The van der Waals surface area contributed by atoms with Crippen molar-refractivity contribution in [3.8, 4) is 0 Å². The third kappa shape index (κ3) is 3.07. The highest BCUT2D eigenvalue weighted by molar-refractivity contribution is 5.83. The number of urea groups is 1. The molecule has 2 amide bonds. The monoisotopic (exact) mass is 282 g/mol. The van der Waals surface area contributed by atoms with Crippen molar-refractivity contribution in [2.24, 2.45) is 11.8 Å². The first-order valence-electron chi connectivity index (χ1n) is 7.85. The Morgan fingerprint density at radius 2 is 1.75 bits per heavy atom. The van der Waals surface area contributed by atoms with Crippen LogP contribution < -0.4 is 0 Å². The molecule has 2 aliphatic heterocycles. The number of carboxylic acid groups (broad SMARTS) is 1. The quantitative estimate of drug-likeness (QED) is 0.864. The number of carbonyl (C=O) groups excluding carboxylic acids is 1. The zero-order chi connectivity index (χ0) is 14.7. The molecule has 20 heavy (non-hydrogen) atoms. The van der Waals surface area contributed by atoms with E-state index in [0.717, 1.165) is 38.8 Å². The van der Waals surface area contributed by atoms with Crippen LogP contribution in [0.25, 0.3) is 0 Å². The van der Waals surface area contributed by atoms with Gasteiger partial charge in [-0.3, -0.25) is 0 Å². The van der Waals surface area contributed by atoms with Gasteiger partial charge in [0, 0.05) is 19.6 Å². The molecule has 0 spiro atoms. The topological polar surface area (TPSA) is 60.9 Å². The van der Waals surface area contributed by atoms with Gasteiger partial charge >= 0.3 is 12.0 Å². The Labute approximate surface area is 120 Å². The molecule has 1 N–H and O–H groups in total. The van der Waals surface area contributed by atoms with E-state index in [1.165, 1.54) is 0 Å². The number of rotatable bonds is 3. The molecule has 0 radical (unpaired) electrons. The second kappa shape index (κ2) is 6.46. The van der Waals surface area contributed by atoms with Gasteiger partial charge in [-0.2, -0.15) is 0 Å². The maximum absolute atomic E-state index is 12.6. The van der Waals surface area contributed by atoms with E-state index in [1.807, 2.05) is 4.90 Å². The van der Waals surface area contributed by atoms with Gasteiger partial charge < -0.3 is 14.9 Å². The Bertz CT molecular complexity index is 372. The predicted molar refractivity (Wildman–Crippen MR) is 76.5 cm³/mol. The first-order valence-corrected chi connectivity index (χ1v) is 7.85. The van der Waals surface area contributed by atoms with E-state index >= 15 is 0 Å². The van der Waals surface area contributed by atoms with E-state index in [0.29, 0.717) is 24.8 Å². The van der Waals surface area contributed by atoms with Crippen LogP contribution in [-0.2, 0) is 4.79 Å². The zero-order valence-electron chi connectivity index (χ0n) is 12.5. The van der Waals surface area contributed by atoms with Gasteiger partial charge in [0.15, 0.2) is 0 Å². The molecule has 0 aromatic carbocycles. The molecule has 0 saturated carbocycles. The standard InChI is InChI=1S/C15H26N2O3/c1-3-11-6-8-17(13(9-11)14(18)19)15(20)16-7-5-12(4-2)10-16/h11-13H,3-10H2,1-2H3,(H,18,19). The molecule has 5 heteroatoms. The van der Waals surface area contributed by atoms with E-state index in [4.69, 9.17) is 0 Å². The van der Waals surface area contributed by atoms with E-state index in [2.05, 4.69) is 13.8 Å². The van der Waals surface area contributed by atoms with E-state index in [-0.39, 0.29) is 6.03 Å². The molecule has 2 fully saturated rings. The van der Waals surface area contributed by atoms with Gasteiger partial charge in [0.1, 0.15) is 6.04 Å². The minimum absolute atomic E-state index is 0.0668. The van der Waals surface area contributed by atoms with Crippen molar-refractivity contribution in [2.45, 2.75) is 52.0 Å². The summed E-state index contributed by atoms with van der Waals surface area (Å²) in [6.45, 7) is 6.38. The number of likely N-dealkylation sites (tertiary alicyclic amines) is 2. The number of amides is 2. The van der Waals surface area contributed by atoms with Crippen LogP contribution in [0.3, 0.4) is 0 Å². The second-order valence-corrected chi connectivity index (χ2v) is 6.14. The molecule has 2 aliphatic rings. The molecule has 5 nitrogen and oxygen atoms in total. The lowest BCUT2D eigenvalue weighted by molar-refractivity contribution is -0.144. The van der Waals surface area contributed by atoms with E-state index in [9.17, 15) is 14.7 Å². The molecule has 0 aromatic heterocycles. The molecule has 0 aromatic rings. The summed E-state index contributed by atoms with van der Waals surface area (Å²) in [5.74, 6) is 0.153. The highest BCUT2D eigenvalue weighted by atomic mass is 16.4. The zero-order valence-corrected chi connectivity index (χ0v) is 12.5. The van der Waals surface area contributed by atoms with Crippen molar-refractivity contribution < 1.29 is 14.7 Å². The van der Waals surface area contributed by atoms with Crippen LogP contribution in [0.1, 0.15) is 46.0 Å². The molecule has 3 unspecified atom stereocenters. The summed E-state index contributed by atoms with van der Waals surface area (Å²) in [6, 6.07) is -0.704. The fourth-order valence-corrected chi connectivity index (χ4v) is 3.39. The molecule has 0 aliphatic carbocycles. The number of carbonyl (C=O) groups is 2. The highest BCUT2D eigenvalue weighted by Crippen LogP contribution is 2.28. The lowest BCUT2D eigenvalue weighted by Crippen LogP contribution is -2.54. The molecule has 3 atom stereocenters. The summed E-state index contributed by atoms with van der Waals surface area (Å²) < 4.78 is 0. The molecular weight excluding hydrogens is 256 g/mol. The first kappa shape index (κ1) is 15.1. The van der Waals surface area contributed by atoms with Crippen LogP contribution in [-0.4, -0.2) is 52.6 Å². The highest BCUT2D eigenvalue weighted by Gasteiger charge is 2.38. The van der Waals surface area contributed by atoms with Crippen LogP contribution in [0.15, 0.2) is 0 Å². The lowest BCUT2D eigenvalue weighted by Gasteiger charge is -2.38. The van der Waals surface area contributed by atoms with Crippen molar-refractivity contribution >= 4 is 12.0 Å². The van der Waals surface area contributed by atoms with Gasteiger partial charge in [-0.1, -0.05) is 26.7 Å². The number of hydrogen-bond acceptors (Lipinski definition) is 2. The predicted octanol–water partition coefficient (Wildman–Crippen LogP) is 2.41. The van der Waals surface area contributed by atoms with Crippen LogP contribution in [0.4, 0.5) is 4.79 Å². The SMILES string of the molecule is CCC1CCN(C(=O)N2CCC(CC)C2)C(C(=O)O)C1. The third-order valence-corrected chi connectivity index (χ3v) is 4.95. The molecular formula is C15H26N2O3. The largest absolute Gasteiger partial charge is 0.480 e. The molecule has 2 saturated heterocycles. The van der Waals surface area contributed by atoms with E-state index < -0.39 is 12.0 Å². The van der Waals surface area contributed by atoms with Crippen LogP contribution in [0, 0.1) is 11.8 Å². The summed E-state index contributed by atoms with van der Waals surface area (Å²) in [7, 11) is 0. The van der Waals surface area contributed by atoms with Crippen molar-refractivity contribution in [3.05, 3.63) is 0 Å². The van der Waals surface area contributed by atoms with Crippen molar-refractivity contribution in [1.82, 2.24) is 9.80 Å². The summed E-state index contributed by atoms with van der Waals surface area (Å²) in [4.78, 5) is 27.4. The third-order valence-electron chi connectivity index (χ3n) is 4.95. The van der Waals surface area contributed by atoms with E-state index in [1.54, 1.807) is 4.90 Å². The number of carboxylic acids is 1. The van der Waals surface area contributed by atoms with Crippen LogP contribution in [0.2, 0.25) is 0 Å². The summed E-state index contributed by atoms with van der Waals surface area (Å²) in [5.41, 5.74) is 0. The lowest BCUT2D eigenvalue weighted by atomic mass is 9.89. The minimum atomic E-state index is -0.859. The average Bonchev–Trinajstić information content (AvgIpc) is 2.94. The normalized spacial score (nSPS) is 30.6. The Kier molecular flexibility index (Phi) is 4.89. The van der Waals surface area contributed by atoms with Crippen molar-refractivity contribution in [3.63, 3.8) is 0 Å². The number of piperidine rings is 1. The maximum atomic E-state index is 12.6. The van der Waals surface area contributed by atoms with Gasteiger partial charge in [-0.15, -0.1) is 0 Å². The van der Waals surface area contributed by atoms with Gasteiger partial charge in [-0.05, 0) is 31.1 Å². The van der Waals surface area contributed by atoms with Crippen molar-refractivity contribution in [2.75, 3.05) is 19.6 Å². The number of nitrogens with zero attached hydrogens (tertiary/aromatic N) is 2. The van der Waals surface area contributed by atoms with Gasteiger partial charge in [0.2, 0.25) is 0 Å². The minimum Gasteiger partial charge on any atom is -0.480 e. The smallest absolute Gasteiger partial charge is 0.326 e. The van der Waals surface area contributed by atoms with Crippen LogP contribution >= 0.6 is 0 Å². The Hall–Kier alpha value is -1.26. The molecule has 114 valence electrons. The Morgan fingerprint density at radius 3 is 2.30 bits per heavy atom.